The Hall–Kier alpha value is -3.49. The van der Waals surface area contributed by atoms with E-state index in [0.717, 1.165) is 31.5 Å². The second-order valence-electron chi connectivity index (χ2n) is 6.77. The van der Waals surface area contributed by atoms with Crippen molar-refractivity contribution in [2.75, 3.05) is 42.3 Å². The van der Waals surface area contributed by atoms with E-state index in [1.165, 1.54) is 0 Å². The molecule has 1 aliphatic heterocycles. The van der Waals surface area contributed by atoms with E-state index in [-0.39, 0.29) is 11.6 Å². The molecule has 9 heteroatoms. The van der Waals surface area contributed by atoms with Crippen molar-refractivity contribution in [2.24, 2.45) is 0 Å². The minimum absolute atomic E-state index is 0.173. The minimum atomic E-state index is -0.389. The molecule has 28 heavy (non-hydrogen) atoms. The molecule has 0 spiro atoms. The second-order valence-corrected chi connectivity index (χ2v) is 6.77. The Bertz CT molecular complexity index is 965. The molecule has 1 saturated heterocycles. The van der Waals surface area contributed by atoms with Gasteiger partial charge in [0, 0.05) is 51.2 Å². The van der Waals surface area contributed by atoms with Crippen molar-refractivity contribution in [3.8, 4) is 11.3 Å². The van der Waals surface area contributed by atoms with Gasteiger partial charge in [-0.25, -0.2) is 4.98 Å². The number of hydrogen-bond acceptors (Lipinski definition) is 8. The number of aromatic nitrogens is 4. The van der Waals surface area contributed by atoms with Crippen molar-refractivity contribution in [2.45, 2.75) is 12.8 Å². The quantitative estimate of drug-likeness (QED) is 0.721. The molecule has 3 aromatic heterocycles. The average Bonchev–Trinajstić information content (AvgIpc) is 3.41. The van der Waals surface area contributed by atoms with Crippen LogP contribution in [0.2, 0.25) is 0 Å². The Balaban J connectivity index is 1.55. The van der Waals surface area contributed by atoms with Crippen molar-refractivity contribution in [3.63, 3.8) is 0 Å². The number of hydrogen-bond donors (Lipinski definition) is 1. The molecule has 4 rings (SSSR count). The molecule has 1 amide bonds. The van der Waals surface area contributed by atoms with Crippen LogP contribution in [0.5, 0.6) is 0 Å². The molecule has 1 fully saturated rings. The van der Waals surface area contributed by atoms with E-state index in [4.69, 9.17) is 4.52 Å². The van der Waals surface area contributed by atoms with Crippen LogP contribution in [0, 0.1) is 0 Å². The molecule has 144 valence electrons. The molecule has 0 unspecified atom stereocenters. The normalized spacial score (nSPS) is 13.6. The van der Waals surface area contributed by atoms with Gasteiger partial charge in [-0.1, -0.05) is 5.16 Å². The third kappa shape index (κ3) is 3.64. The average molecular weight is 379 g/mol. The first-order chi connectivity index (χ1) is 13.6. The van der Waals surface area contributed by atoms with Gasteiger partial charge in [0.1, 0.15) is 5.69 Å². The summed E-state index contributed by atoms with van der Waals surface area (Å²) in [5.41, 5.74) is 1.44. The Morgan fingerprint density at radius 3 is 2.79 bits per heavy atom. The zero-order valence-electron chi connectivity index (χ0n) is 15.8. The van der Waals surface area contributed by atoms with Gasteiger partial charge >= 0.3 is 0 Å². The summed E-state index contributed by atoms with van der Waals surface area (Å²) in [6, 6.07) is 5.21. The molecule has 9 nitrogen and oxygen atoms in total. The molecule has 0 bridgehead atoms. The minimum Gasteiger partial charge on any atom is -0.361 e. The molecule has 0 aliphatic carbocycles. The molecule has 0 atom stereocenters. The number of rotatable bonds is 5. The first kappa shape index (κ1) is 17.9. The maximum atomic E-state index is 12.6. The molecule has 3 aromatic rings. The standard InChI is InChI=1S/C19H21N7O2/c1-25(2)17-15(12-21-19(23-17)26-8-3-4-9-26)22-18(27)14-10-16(28-24-14)13-6-5-7-20-11-13/h5-7,10-12H,3-4,8-9H2,1-2H3,(H,22,27). The maximum absolute atomic E-state index is 12.6. The van der Waals surface area contributed by atoms with Gasteiger partial charge in [0.2, 0.25) is 5.95 Å². The monoisotopic (exact) mass is 379 g/mol. The number of amides is 1. The second kappa shape index (κ2) is 7.63. The molecule has 4 heterocycles. The van der Waals surface area contributed by atoms with Crippen LogP contribution in [0.3, 0.4) is 0 Å². The molecule has 0 saturated carbocycles. The summed E-state index contributed by atoms with van der Waals surface area (Å²) in [5, 5.41) is 6.69. The van der Waals surface area contributed by atoms with Crippen molar-refractivity contribution in [1.82, 2.24) is 20.1 Å². The zero-order chi connectivity index (χ0) is 19.5. The van der Waals surface area contributed by atoms with Crippen LogP contribution >= 0.6 is 0 Å². The number of carbonyl (C=O) groups is 1. The summed E-state index contributed by atoms with van der Waals surface area (Å²) in [4.78, 5) is 29.7. The Morgan fingerprint density at radius 2 is 2.07 bits per heavy atom. The third-order valence-electron chi connectivity index (χ3n) is 4.51. The fourth-order valence-corrected chi connectivity index (χ4v) is 3.08. The van der Waals surface area contributed by atoms with E-state index in [2.05, 4.69) is 30.3 Å². The summed E-state index contributed by atoms with van der Waals surface area (Å²) in [7, 11) is 3.75. The van der Waals surface area contributed by atoms with Gasteiger partial charge in [-0.15, -0.1) is 0 Å². The first-order valence-electron chi connectivity index (χ1n) is 9.09. The van der Waals surface area contributed by atoms with Gasteiger partial charge in [-0.2, -0.15) is 4.98 Å². The van der Waals surface area contributed by atoms with Gasteiger partial charge in [0.05, 0.1) is 6.20 Å². The van der Waals surface area contributed by atoms with Gasteiger partial charge in [0.15, 0.2) is 17.3 Å². The van der Waals surface area contributed by atoms with Crippen molar-refractivity contribution in [1.29, 1.82) is 0 Å². The van der Waals surface area contributed by atoms with E-state index < -0.39 is 0 Å². The summed E-state index contributed by atoms with van der Waals surface area (Å²) in [6.07, 6.45) is 7.24. The lowest BCUT2D eigenvalue weighted by atomic mass is 10.2. The van der Waals surface area contributed by atoms with Crippen molar-refractivity contribution in [3.05, 3.63) is 42.5 Å². The lowest BCUT2D eigenvalue weighted by Gasteiger charge is -2.20. The number of anilines is 3. The van der Waals surface area contributed by atoms with Crippen LogP contribution in [0.4, 0.5) is 17.5 Å². The van der Waals surface area contributed by atoms with Gasteiger partial charge < -0.3 is 19.6 Å². The number of nitrogens with one attached hydrogen (secondary N) is 1. The predicted octanol–water partition coefficient (Wildman–Crippen LogP) is 2.45. The summed E-state index contributed by atoms with van der Waals surface area (Å²) < 4.78 is 5.27. The van der Waals surface area contributed by atoms with Crippen LogP contribution in [0.1, 0.15) is 23.3 Å². The zero-order valence-corrected chi connectivity index (χ0v) is 15.8. The summed E-state index contributed by atoms with van der Waals surface area (Å²) in [5.74, 6) is 1.41. The smallest absolute Gasteiger partial charge is 0.278 e. The highest BCUT2D eigenvalue weighted by Crippen LogP contribution is 2.26. The lowest BCUT2D eigenvalue weighted by Crippen LogP contribution is -2.23. The van der Waals surface area contributed by atoms with E-state index in [0.29, 0.717) is 23.2 Å². The Labute approximate surface area is 162 Å². The van der Waals surface area contributed by atoms with Crippen molar-refractivity contribution >= 4 is 23.4 Å². The van der Waals surface area contributed by atoms with Gasteiger partial charge in [0.25, 0.3) is 5.91 Å². The number of carbonyl (C=O) groups excluding carboxylic acids is 1. The van der Waals surface area contributed by atoms with Crippen LogP contribution in [0.25, 0.3) is 11.3 Å². The highest BCUT2D eigenvalue weighted by atomic mass is 16.5. The Kier molecular flexibility index (Phi) is 4.88. The molecular weight excluding hydrogens is 358 g/mol. The fraction of sp³-hybridized carbons (Fsp3) is 0.316. The van der Waals surface area contributed by atoms with Crippen molar-refractivity contribution < 1.29 is 9.32 Å². The topological polar surface area (TPSA) is 100 Å². The predicted molar refractivity (Wildman–Crippen MR) is 105 cm³/mol. The van der Waals surface area contributed by atoms with Gasteiger partial charge in [-0.05, 0) is 25.0 Å². The first-order valence-corrected chi connectivity index (χ1v) is 9.09. The van der Waals surface area contributed by atoms with Crippen LogP contribution < -0.4 is 15.1 Å². The van der Waals surface area contributed by atoms with Crippen LogP contribution in [0.15, 0.2) is 41.3 Å². The molecule has 0 radical (unpaired) electrons. The summed E-state index contributed by atoms with van der Waals surface area (Å²) >= 11 is 0. The lowest BCUT2D eigenvalue weighted by molar-refractivity contribution is 0.101. The van der Waals surface area contributed by atoms with E-state index in [1.807, 2.05) is 25.1 Å². The Morgan fingerprint density at radius 1 is 1.25 bits per heavy atom. The van der Waals surface area contributed by atoms with Crippen LogP contribution in [-0.4, -0.2) is 53.2 Å². The summed E-state index contributed by atoms with van der Waals surface area (Å²) in [6.45, 7) is 1.91. The molecule has 1 N–H and O–H groups in total. The SMILES string of the molecule is CN(C)c1nc(N2CCCC2)ncc1NC(=O)c1cc(-c2cccnc2)on1. The molecule has 1 aliphatic rings. The fourth-order valence-electron chi connectivity index (χ4n) is 3.08. The van der Waals surface area contributed by atoms with E-state index >= 15 is 0 Å². The van der Waals surface area contributed by atoms with E-state index in [9.17, 15) is 4.79 Å². The maximum Gasteiger partial charge on any atom is 0.278 e. The van der Waals surface area contributed by atoms with E-state index in [1.54, 1.807) is 30.7 Å². The highest BCUT2D eigenvalue weighted by Gasteiger charge is 2.20. The molecule has 0 aromatic carbocycles. The largest absolute Gasteiger partial charge is 0.361 e. The van der Waals surface area contributed by atoms with Crippen LogP contribution in [-0.2, 0) is 0 Å². The molecular formula is C19H21N7O2. The number of pyridine rings is 1. The third-order valence-corrected chi connectivity index (χ3v) is 4.51. The van der Waals surface area contributed by atoms with Gasteiger partial charge in [-0.3, -0.25) is 9.78 Å². The number of nitrogens with zero attached hydrogens (tertiary/aromatic N) is 6. The highest BCUT2D eigenvalue weighted by molar-refractivity contribution is 6.04.